The number of nitrogens with two attached hydrogens (primary N) is 1. The van der Waals surface area contributed by atoms with E-state index >= 15 is 0 Å². The van der Waals surface area contributed by atoms with Crippen molar-refractivity contribution < 1.29 is 9.59 Å². The normalized spacial score (nSPS) is 16.0. The molecule has 2 heterocycles. The molecule has 3 aromatic rings. The number of fused-ring (bicyclic) bond motifs is 1. The molecule has 170 valence electrons. The van der Waals surface area contributed by atoms with Crippen LogP contribution in [0, 0.1) is 12.8 Å². The summed E-state index contributed by atoms with van der Waals surface area (Å²) in [4.78, 5) is 27.1. The molecule has 7 heteroatoms. The number of primary amides is 1. The van der Waals surface area contributed by atoms with Crippen LogP contribution in [0.1, 0.15) is 46.6 Å². The van der Waals surface area contributed by atoms with Crippen molar-refractivity contribution in [1.29, 1.82) is 0 Å². The van der Waals surface area contributed by atoms with Gasteiger partial charge < -0.3 is 16.0 Å². The van der Waals surface area contributed by atoms with E-state index < -0.39 is 0 Å². The summed E-state index contributed by atoms with van der Waals surface area (Å²) in [7, 11) is 0. The third kappa shape index (κ3) is 4.11. The molecular formula is C26H29N5O2. The van der Waals surface area contributed by atoms with Gasteiger partial charge >= 0.3 is 0 Å². The Morgan fingerprint density at radius 2 is 1.76 bits per heavy atom. The van der Waals surface area contributed by atoms with Gasteiger partial charge in [-0.1, -0.05) is 29.8 Å². The van der Waals surface area contributed by atoms with Gasteiger partial charge in [-0.05, 0) is 63.3 Å². The summed E-state index contributed by atoms with van der Waals surface area (Å²) >= 11 is 0. The molecule has 33 heavy (non-hydrogen) atoms. The smallest absolute Gasteiger partial charge is 0.276 e. The molecule has 1 aromatic heterocycles. The number of carbonyl (C=O) groups is 2. The van der Waals surface area contributed by atoms with Gasteiger partial charge in [0.25, 0.3) is 5.91 Å². The van der Waals surface area contributed by atoms with E-state index in [9.17, 15) is 9.59 Å². The minimum Gasteiger partial charge on any atom is -0.370 e. The van der Waals surface area contributed by atoms with Gasteiger partial charge in [0, 0.05) is 30.3 Å². The first kappa shape index (κ1) is 21.2. The first-order valence-corrected chi connectivity index (χ1v) is 11.6. The lowest BCUT2D eigenvalue weighted by Gasteiger charge is -2.33. The highest BCUT2D eigenvalue weighted by molar-refractivity contribution is 6.06. The van der Waals surface area contributed by atoms with E-state index in [2.05, 4.69) is 29.3 Å². The van der Waals surface area contributed by atoms with Crippen LogP contribution in [0.3, 0.4) is 0 Å². The standard InChI is InChI=1S/C26H29N5O2/c1-17-9-11-19(12-10-17)31-22-8-4-5-20(22)24(29-31)26(33)28-21-6-2-3-7-23(21)30-15-13-18(14-16-30)25(27)32/h2-3,6-7,9-12,18H,4-5,8,13-16H2,1H3,(H2,27,32)(H,28,33). The number of nitrogens with zero attached hydrogens (tertiary/aromatic N) is 3. The summed E-state index contributed by atoms with van der Waals surface area (Å²) in [5, 5.41) is 7.85. The summed E-state index contributed by atoms with van der Waals surface area (Å²) < 4.78 is 1.93. The van der Waals surface area contributed by atoms with Gasteiger partial charge in [-0.3, -0.25) is 9.59 Å². The average Bonchev–Trinajstić information content (AvgIpc) is 3.43. The zero-order chi connectivity index (χ0) is 22.9. The van der Waals surface area contributed by atoms with Crippen LogP contribution in [0.5, 0.6) is 0 Å². The molecule has 1 aliphatic heterocycles. The zero-order valence-electron chi connectivity index (χ0n) is 18.9. The number of hydrogen-bond donors (Lipinski definition) is 2. The Kier molecular flexibility index (Phi) is 5.62. The summed E-state index contributed by atoms with van der Waals surface area (Å²) in [5.41, 5.74) is 12.1. The van der Waals surface area contributed by atoms with E-state index in [1.807, 2.05) is 41.1 Å². The minimum absolute atomic E-state index is 0.0728. The van der Waals surface area contributed by atoms with Gasteiger partial charge in [0.1, 0.15) is 0 Å². The Balaban J connectivity index is 1.40. The highest BCUT2D eigenvalue weighted by atomic mass is 16.2. The number of para-hydroxylation sites is 2. The van der Waals surface area contributed by atoms with Gasteiger partial charge in [0.2, 0.25) is 5.91 Å². The van der Waals surface area contributed by atoms with Crippen LogP contribution in [-0.4, -0.2) is 34.7 Å². The Hall–Kier alpha value is -3.61. The van der Waals surface area contributed by atoms with Gasteiger partial charge in [-0.2, -0.15) is 5.10 Å². The zero-order valence-corrected chi connectivity index (χ0v) is 18.9. The lowest BCUT2D eigenvalue weighted by Crippen LogP contribution is -2.38. The summed E-state index contributed by atoms with van der Waals surface area (Å²) in [6.07, 6.45) is 4.28. The second kappa shape index (κ2) is 8.73. The SMILES string of the molecule is Cc1ccc(-n2nc(C(=O)Nc3ccccc3N3CCC(C(N)=O)CC3)c3c2CCC3)cc1. The van der Waals surface area contributed by atoms with Gasteiger partial charge in [0.05, 0.1) is 17.1 Å². The topological polar surface area (TPSA) is 93.2 Å². The summed E-state index contributed by atoms with van der Waals surface area (Å²) in [6.45, 7) is 3.53. The van der Waals surface area contributed by atoms with Crippen molar-refractivity contribution >= 4 is 23.2 Å². The van der Waals surface area contributed by atoms with E-state index in [-0.39, 0.29) is 17.7 Å². The van der Waals surface area contributed by atoms with E-state index in [0.29, 0.717) is 5.69 Å². The van der Waals surface area contributed by atoms with Crippen molar-refractivity contribution in [3.63, 3.8) is 0 Å². The number of anilines is 2. The quantitative estimate of drug-likeness (QED) is 0.630. The van der Waals surface area contributed by atoms with Gasteiger partial charge in [0.15, 0.2) is 5.69 Å². The summed E-state index contributed by atoms with van der Waals surface area (Å²) in [6, 6.07) is 16.0. The van der Waals surface area contributed by atoms with Crippen molar-refractivity contribution in [3.8, 4) is 5.69 Å². The van der Waals surface area contributed by atoms with E-state index in [1.54, 1.807) is 0 Å². The van der Waals surface area contributed by atoms with Crippen molar-refractivity contribution in [2.45, 2.75) is 39.0 Å². The van der Waals surface area contributed by atoms with Gasteiger partial charge in [-0.15, -0.1) is 0 Å². The third-order valence-electron chi connectivity index (χ3n) is 6.81. The van der Waals surface area contributed by atoms with Crippen LogP contribution < -0.4 is 16.0 Å². The molecule has 1 fully saturated rings. The minimum atomic E-state index is -0.228. The molecule has 0 atom stereocenters. The highest BCUT2D eigenvalue weighted by Crippen LogP contribution is 2.32. The second-order valence-corrected chi connectivity index (χ2v) is 9.01. The monoisotopic (exact) mass is 443 g/mol. The van der Waals surface area contributed by atoms with Gasteiger partial charge in [-0.25, -0.2) is 4.68 Å². The molecule has 2 amide bonds. The van der Waals surface area contributed by atoms with Crippen LogP contribution in [0.2, 0.25) is 0 Å². The predicted octanol–water partition coefficient (Wildman–Crippen LogP) is 3.62. The largest absolute Gasteiger partial charge is 0.370 e. The van der Waals surface area contributed by atoms with Crippen LogP contribution >= 0.6 is 0 Å². The third-order valence-corrected chi connectivity index (χ3v) is 6.81. The van der Waals surface area contributed by atoms with Crippen LogP contribution in [-0.2, 0) is 17.6 Å². The number of carbonyl (C=O) groups excluding carboxylic acids is 2. The molecular weight excluding hydrogens is 414 g/mol. The number of piperidine rings is 1. The molecule has 0 saturated carbocycles. The fourth-order valence-corrected chi connectivity index (χ4v) is 4.96. The van der Waals surface area contributed by atoms with Crippen molar-refractivity contribution in [2.75, 3.05) is 23.3 Å². The van der Waals surface area contributed by atoms with Crippen molar-refractivity contribution in [1.82, 2.24) is 9.78 Å². The second-order valence-electron chi connectivity index (χ2n) is 9.01. The molecule has 1 aliphatic carbocycles. The number of aromatic nitrogens is 2. The molecule has 5 rings (SSSR count). The van der Waals surface area contributed by atoms with E-state index in [4.69, 9.17) is 10.8 Å². The Bertz CT molecular complexity index is 1190. The maximum Gasteiger partial charge on any atom is 0.276 e. The van der Waals surface area contributed by atoms with Crippen LogP contribution in [0.4, 0.5) is 11.4 Å². The summed E-state index contributed by atoms with van der Waals surface area (Å²) in [5.74, 6) is -0.482. The first-order valence-electron chi connectivity index (χ1n) is 11.6. The Labute approximate surface area is 193 Å². The Morgan fingerprint density at radius 1 is 1.03 bits per heavy atom. The number of benzene rings is 2. The number of aryl methyl sites for hydroxylation is 1. The maximum atomic E-state index is 13.4. The predicted molar refractivity (Wildman–Crippen MR) is 129 cm³/mol. The van der Waals surface area contributed by atoms with Crippen LogP contribution in [0.25, 0.3) is 5.69 Å². The number of rotatable bonds is 5. The Morgan fingerprint density at radius 3 is 2.48 bits per heavy atom. The number of nitrogens with one attached hydrogen (secondary N) is 1. The molecule has 0 bridgehead atoms. The highest BCUT2D eigenvalue weighted by Gasteiger charge is 2.28. The number of hydrogen-bond acceptors (Lipinski definition) is 4. The average molecular weight is 444 g/mol. The fraction of sp³-hybridized carbons (Fsp3) is 0.346. The number of amides is 2. The molecule has 2 aromatic carbocycles. The van der Waals surface area contributed by atoms with E-state index in [0.717, 1.165) is 73.5 Å². The van der Waals surface area contributed by atoms with E-state index in [1.165, 1.54) is 5.56 Å². The molecule has 0 spiro atoms. The van der Waals surface area contributed by atoms with Crippen molar-refractivity contribution in [2.24, 2.45) is 11.7 Å². The molecule has 2 aliphatic rings. The fourth-order valence-electron chi connectivity index (χ4n) is 4.96. The first-order chi connectivity index (χ1) is 16.0. The molecule has 7 nitrogen and oxygen atoms in total. The van der Waals surface area contributed by atoms with Crippen LogP contribution in [0.15, 0.2) is 48.5 Å². The molecule has 0 radical (unpaired) electrons. The van der Waals surface area contributed by atoms with Crippen molar-refractivity contribution in [3.05, 3.63) is 71.0 Å². The molecule has 0 unspecified atom stereocenters. The lowest BCUT2D eigenvalue weighted by atomic mass is 9.96. The molecule has 1 saturated heterocycles. The maximum absolute atomic E-state index is 13.4. The molecule has 3 N–H and O–H groups in total. The lowest BCUT2D eigenvalue weighted by molar-refractivity contribution is -0.122.